The molecule has 0 aromatic heterocycles. The largest absolute Gasteiger partial charge is 0.373 e. The molecular formula is C21H43NO4P+. The normalized spacial score (nSPS) is 15.7. The number of quaternary nitrogens is 1. The Bertz CT molecular complexity index is 479. The summed E-state index contributed by atoms with van der Waals surface area (Å²) in [4.78, 5) is 19.1. The summed E-state index contributed by atoms with van der Waals surface area (Å²) in [6.07, 6.45) is 19.8. The molecule has 0 aromatic carbocycles. The molecule has 0 aliphatic heterocycles. The first-order valence-electron chi connectivity index (χ1n) is 10.4. The second-order valence-electron chi connectivity index (χ2n) is 8.56. The van der Waals surface area contributed by atoms with E-state index in [1.54, 1.807) is 0 Å². The van der Waals surface area contributed by atoms with Crippen LogP contribution in [0.15, 0.2) is 24.3 Å². The standard InChI is InChI=1S/C21H42NO4P/c1-5-6-7-8-9-10-11-12-13-14-15-16-17-18-19-21(23,27(24,25)26)20-22(2,3)4/h6-7,15-16,23H,5,8-14,17-20H2,1-4H3,(H-,24,25,26)/p+1/b7-6-,16-15-. The summed E-state index contributed by atoms with van der Waals surface area (Å²) in [6, 6.07) is 0. The van der Waals surface area contributed by atoms with Crippen LogP contribution < -0.4 is 0 Å². The number of hydrogen-bond donors (Lipinski definition) is 3. The summed E-state index contributed by atoms with van der Waals surface area (Å²) < 4.78 is 12.0. The van der Waals surface area contributed by atoms with Crippen LogP contribution >= 0.6 is 7.60 Å². The zero-order chi connectivity index (χ0) is 20.8. The third kappa shape index (κ3) is 14.2. The van der Waals surface area contributed by atoms with Crippen molar-refractivity contribution in [3.63, 3.8) is 0 Å². The van der Waals surface area contributed by atoms with E-state index in [0.29, 0.717) is 10.9 Å². The molecule has 0 radical (unpaired) electrons. The van der Waals surface area contributed by atoms with Crippen LogP contribution in [0.2, 0.25) is 0 Å². The lowest BCUT2D eigenvalue weighted by atomic mass is 10.1. The van der Waals surface area contributed by atoms with Crippen LogP contribution in [-0.2, 0) is 4.57 Å². The number of hydrogen-bond acceptors (Lipinski definition) is 2. The summed E-state index contributed by atoms with van der Waals surface area (Å²) in [5.41, 5.74) is 0. The Morgan fingerprint density at radius 1 is 0.815 bits per heavy atom. The molecule has 1 atom stereocenters. The van der Waals surface area contributed by atoms with Crippen LogP contribution in [0.5, 0.6) is 0 Å². The zero-order valence-electron chi connectivity index (χ0n) is 17.9. The van der Waals surface area contributed by atoms with Gasteiger partial charge in [-0.05, 0) is 51.4 Å². The van der Waals surface area contributed by atoms with Gasteiger partial charge in [0, 0.05) is 0 Å². The molecule has 5 nitrogen and oxygen atoms in total. The molecule has 0 aliphatic carbocycles. The number of nitrogens with zero attached hydrogens (tertiary/aromatic N) is 1. The van der Waals surface area contributed by atoms with E-state index >= 15 is 0 Å². The van der Waals surface area contributed by atoms with E-state index in [4.69, 9.17) is 0 Å². The number of allylic oxidation sites excluding steroid dienone is 4. The van der Waals surface area contributed by atoms with Crippen molar-refractivity contribution in [3.05, 3.63) is 24.3 Å². The molecule has 0 fully saturated rings. The quantitative estimate of drug-likeness (QED) is 0.147. The van der Waals surface area contributed by atoms with Gasteiger partial charge in [0.25, 0.3) is 0 Å². The molecule has 160 valence electrons. The Hall–Kier alpha value is -0.450. The fourth-order valence-corrected chi connectivity index (χ4v) is 4.21. The molecule has 0 spiro atoms. The molecule has 27 heavy (non-hydrogen) atoms. The minimum absolute atomic E-state index is 0.0369. The van der Waals surface area contributed by atoms with Gasteiger partial charge in [-0.2, -0.15) is 0 Å². The van der Waals surface area contributed by atoms with E-state index in [-0.39, 0.29) is 13.0 Å². The van der Waals surface area contributed by atoms with Crippen molar-refractivity contribution in [1.29, 1.82) is 0 Å². The number of rotatable bonds is 16. The lowest BCUT2D eigenvalue weighted by Gasteiger charge is -2.35. The average Bonchev–Trinajstić information content (AvgIpc) is 2.52. The van der Waals surface area contributed by atoms with Gasteiger partial charge in [-0.25, -0.2) is 0 Å². The van der Waals surface area contributed by atoms with Crippen LogP contribution in [0.25, 0.3) is 0 Å². The van der Waals surface area contributed by atoms with Crippen LogP contribution in [0, 0.1) is 0 Å². The topological polar surface area (TPSA) is 77.8 Å². The summed E-state index contributed by atoms with van der Waals surface area (Å²) in [5, 5.41) is 8.53. The first kappa shape index (κ1) is 26.6. The molecule has 1 unspecified atom stereocenters. The smallest absolute Gasteiger partial charge is 0.362 e. The monoisotopic (exact) mass is 404 g/mol. The maximum atomic E-state index is 11.7. The van der Waals surface area contributed by atoms with Crippen LogP contribution in [0.1, 0.15) is 77.6 Å². The highest BCUT2D eigenvalue weighted by Crippen LogP contribution is 2.52. The van der Waals surface area contributed by atoms with E-state index < -0.39 is 12.9 Å². The molecule has 0 amide bonds. The molecule has 0 aliphatic rings. The Morgan fingerprint density at radius 2 is 1.26 bits per heavy atom. The summed E-state index contributed by atoms with van der Waals surface area (Å²) in [7, 11) is 0.907. The van der Waals surface area contributed by atoms with Gasteiger partial charge in [-0.15, -0.1) is 0 Å². The molecule has 0 aromatic rings. The Kier molecular flexibility index (Phi) is 13.5. The molecule has 0 heterocycles. The molecule has 3 N–H and O–H groups in total. The highest BCUT2D eigenvalue weighted by Gasteiger charge is 2.48. The second-order valence-corrected chi connectivity index (χ2v) is 10.5. The SMILES string of the molecule is CC/C=C\CCCCCCC/C=C\CCCC(O)(C[N+](C)(C)C)P(=O)(O)O. The van der Waals surface area contributed by atoms with Gasteiger partial charge in [-0.1, -0.05) is 50.5 Å². The van der Waals surface area contributed by atoms with Crippen molar-refractivity contribution in [3.8, 4) is 0 Å². The first-order chi connectivity index (χ1) is 12.5. The fourth-order valence-electron chi connectivity index (χ4n) is 3.15. The highest BCUT2D eigenvalue weighted by molar-refractivity contribution is 7.53. The summed E-state index contributed by atoms with van der Waals surface area (Å²) in [5.74, 6) is 0. The number of unbranched alkanes of at least 4 members (excludes halogenated alkanes) is 7. The van der Waals surface area contributed by atoms with E-state index in [2.05, 4.69) is 31.2 Å². The molecule has 6 heteroatoms. The van der Waals surface area contributed by atoms with Gasteiger partial charge in [0.2, 0.25) is 5.34 Å². The number of likely N-dealkylation sites (N-methyl/N-ethyl adjacent to an activating group) is 1. The predicted octanol–water partition coefficient (Wildman–Crippen LogP) is 4.98. The predicted molar refractivity (Wildman–Crippen MR) is 115 cm³/mol. The second kappa shape index (κ2) is 13.7. The lowest BCUT2D eigenvalue weighted by molar-refractivity contribution is -0.875. The van der Waals surface area contributed by atoms with Gasteiger partial charge in [-0.3, -0.25) is 4.57 Å². The minimum Gasteiger partial charge on any atom is -0.373 e. The van der Waals surface area contributed by atoms with Gasteiger partial charge >= 0.3 is 7.60 Å². The van der Waals surface area contributed by atoms with Crippen molar-refractivity contribution in [2.45, 2.75) is 82.9 Å². The first-order valence-corrected chi connectivity index (χ1v) is 12.0. The third-order valence-corrected chi connectivity index (χ3v) is 5.98. The van der Waals surface area contributed by atoms with Crippen molar-refractivity contribution < 1.29 is 23.9 Å². The van der Waals surface area contributed by atoms with E-state index in [0.717, 1.165) is 19.3 Å². The van der Waals surface area contributed by atoms with Crippen LogP contribution in [0.3, 0.4) is 0 Å². The Balaban J connectivity index is 3.89. The lowest BCUT2D eigenvalue weighted by Crippen LogP contribution is -2.49. The van der Waals surface area contributed by atoms with Gasteiger partial charge < -0.3 is 19.4 Å². The molecule has 0 saturated heterocycles. The summed E-state index contributed by atoms with van der Waals surface area (Å²) in [6.45, 7) is 2.20. The molecular weight excluding hydrogens is 361 g/mol. The maximum Gasteiger partial charge on any atom is 0.362 e. The Morgan fingerprint density at radius 3 is 1.70 bits per heavy atom. The van der Waals surface area contributed by atoms with Gasteiger partial charge in [0.1, 0.15) is 6.54 Å². The van der Waals surface area contributed by atoms with E-state index in [1.165, 1.54) is 38.5 Å². The molecule has 0 bridgehead atoms. The zero-order valence-corrected chi connectivity index (χ0v) is 18.8. The van der Waals surface area contributed by atoms with E-state index in [9.17, 15) is 19.5 Å². The molecule has 0 rings (SSSR count). The number of aliphatic hydroxyl groups is 1. The molecule has 0 saturated carbocycles. The van der Waals surface area contributed by atoms with Gasteiger partial charge in [0.15, 0.2) is 0 Å². The van der Waals surface area contributed by atoms with E-state index in [1.807, 2.05) is 21.1 Å². The third-order valence-electron chi connectivity index (χ3n) is 4.53. The van der Waals surface area contributed by atoms with Crippen molar-refractivity contribution >= 4 is 7.60 Å². The maximum absolute atomic E-state index is 11.7. The van der Waals surface area contributed by atoms with Crippen LogP contribution in [-0.4, -0.2) is 52.4 Å². The fraction of sp³-hybridized carbons (Fsp3) is 0.810. The van der Waals surface area contributed by atoms with Crippen molar-refractivity contribution in [1.82, 2.24) is 0 Å². The van der Waals surface area contributed by atoms with Gasteiger partial charge in [0.05, 0.1) is 21.1 Å². The van der Waals surface area contributed by atoms with Crippen LogP contribution in [0.4, 0.5) is 0 Å². The Labute approximate surface area is 166 Å². The summed E-state index contributed by atoms with van der Waals surface area (Å²) >= 11 is 0. The average molecular weight is 405 g/mol. The van der Waals surface area contributed by atoms with Crippen molar-refractivity contribution in [2.75, 3.05) is 27.7 Å². The highest BCUT2D eigenvalue weighted by atomic mass is 31.2. The minimum atomic E-state index is -4.56. The van der Waals surface area contributed by atoms with Crippen molar-refractivity contribution in [2.24, 2.45) is 0 Å².